The van der Waals surface area contributed by atoms with Crippen molar-refractivity contribution in [2.24, 2.45) is 5.16 Å². The van der Waals surface area contributed by atoms with E-state index >= 15 is 0 Å². The molecular weight excluding hydrogens is 322 g/mol. The Kier molecular flexibility index (Phi) is 5.43. The quantitative estimate of drug-likeness (QED) is 0.379. The molecule has 0 spiro atoms. The molecule has 1 N–H and O–H groups in total. The van der Waals surface area contributed by atoms with Crippen LogP contribution in [0.1, 0.15) is 5.56 Å². The average molecular weight is 336 g/mol. The second-order valence-electron chi connectivity index (χ2n) is 3.96. The number of oxime groups is 1. The smallest absolute Gasteiger partial charge is 0.122 e. The Balaban J connectivity index is 1.74. The number of nitrogens with zero attached hydrogens (tertiary/aromatic N) is 1. The molecular formula is C15H14BrNO3. The maximum absolute atomic E-state index is 8.41. The van der Waals surface area contributed by atoms with Gasteiger partial charge in [0.25, 0.3) is 0 Å². The number of ether oxygens (including phenoxy) is 2. The molecule has 2 aromatic rings. The summed E-state index contributed by atoms with van der Waals surface area (Å²) >= 11 is 3.37. The first kappa shape index (κ1) is 14.4. The van der Waals surface area contributed by atoms with Crippen LogP contribution in [0.4, 0.5) is 0 Å². The van der Waals surface area contributed by atoms with Gasteiger partial charge < -0.3 is 14.7 Å². The molecule has 0 amide bonds. The fraction of sp³-hybridized carbons (Fsp3) is 0.133. The number of hydrogen-bond acceptors (Lipinski definition) is 4. The van der Waals surface area contributed by atoms with Crippen LogP contribution in [-0.4, -0.2) is 24.6 Å². The second kappa shape index (κ2) is 7.55. The van der Waals surface area contributed by atoms with Crippen LogP contribution in [0.5, 0.6) is 11.5 Å². The summed E-state index contributed by atoms with van der Waals surface area (Å²) in [7, 11) is 0. The number of benzene rings is 2. The van der Waals surface area contributed by atoms with Crippen molar-refractivity contribution in [3.05, 3.63) is 58.6 Å². The first-order valence-electron chi connectivity index (χ1n) is 6.06. The molecule has 0 fully saturated rings. The molecule has 0 aliphatic heterocycles. The maximum atomic E-state index is 8.41. The van der Waals surface area contributed by atoms with Crippen molar-refractivity contribution in [2.75, 3.05) is 13.2 Å². The summed E-state index contributed by atoms with van der Waals surface area (Å²) in [6.07, 6.45) is 1.36. The Bertz CT molecular complexity index is 552. The Morgan fingerprint density at radius 1 is 0.900 bits per heavy atom. The Labute approximate surface area is 125 Å². The minimum Gasteiger partial charge on any atom is -0.490 e. The molecule has 4 nitrogen and oxygen atoms in total. The lowest BCUT2D eigenvalue weighted by Crippen LogP contribution is -2.08. The predicted octanol–water partition coefficient (Wildman–Crippen LogP) is 3.72. The first-order valence-corrected chi connectivity index (χ1v) is 6.86. The van der Waals surface area contributed by atoms with Gasteiger partial charge in [0.2, 0.25) is 0 Å². The molecule has 0 saturated heterocycles. The lowest BCUT2D eigenvalue weighted by molar-refractivity contribution is 0.217. The third-order valence-corrected chi connectivity index (χ3v) is 3.05. The van der Waals surface area contributed by atoms with Crippen LogP contribution in [0, 0.1) is 0 Å². The molecule has 0 saturated carbocycles. The van der Waals surface area contributed by atoms with Crippen molar-refractivity contribution in [1.82, 2.24) is 0 Å². The SMILES string of the molecule is ON=Cc1ccc(OCCOc2ccc(Br)cc2)cc1. The van der Waals surface area contributed by atoms with Crippen LogP contribution < -0.4 is 9.47 Å². The van der Waals surface area contributed by atoms with Gasteiger partial charge in [0.1, 0.15) is 24.7 Å². The number of halogens is 1. The third-order valence-electron chi connectivity index (χ3n) is 2.52. The molecule has 20 heavy (non-hydrogen) atoms. The minimum absolute atomic E-state index is 0.462. The molecule has 5 heteroatoms. The van der Waals surface area contributed by atoms with Crippen molar-refractivity contribution in [1.29, 1.82) is 0 Å². The molecule has 0 radical (unpaired) electrons. The summed E-state index contributed by atoms with van der Waals surface area (Å²) in [5.74, 6) is 1.56. The summed E-state index contributed by atoms with van der Waals surface area (Å²) in [5, 5.41) is 11.4. The zero-order valence-electron chi connectivity index (χ0n) is 10.7. The highest BCUT2D eigenvalue weighted by molar-refractivity contribution is 9.10. The Hall–Kier alpha value is -2.01. The van der Waals surface area contributed by atoms with E-state index in [1.54, 1.807) is 0 Å². The van der Waals surface area contributed by atoms with Gasteiger partial charge in [-0.3, -0.25) is 0 Å². The van der Waals surface area contributed by atoms with Gasteiger partial charge in [-0.2, -0.15) is 0 Å². The molecule has 0 aliphatic carbocycles. The molecule has 0 bridgehead atoms. The summed E-state index contributed by atoms with van der Waals surface area (Å²) in [4.78, 5) is 0. The van der Waals surface area contributed by atoms with Gasteiger partial charge in [0, 0.05) is 4.47 Å². The van der Waals surface area contributed by atoms with E-state index in [4.69, 9.17) is 14.7 Å². The fourth-order valence-electron chi connectivity index (χ4n) is 1.57. The average Bonchev–Trinajstić information content (AvgIpc) is 2.47. The zero-order chi connectivity index (χ0) is 14.2. The highest BCUT2D eigenvalue weighted by Gasteiger charge is 1.96. The monoisotopic (exact) mass is 335 g/mol. The molecule has 0 aliphatic rings. The topological polar surface area (TPSA) is 51.1 Å². The molecule has 2 aromatic carbocycles. The Morgan fingerprint density at radius 2 is 1.40 bits per heavy atom. The van der Waals surface area contributed by atoms with Crippen molar-refractivity contribution in [3.63, 3.8) is 0 Å². The van der Waals surface area contributed by atoms with E-state index in [0.29, 0.717) is 13.2 Å². The van der Waals surface area contributed by atoms with Crippen LogP contribution in [0.25, 0.3) is 0 Å². The van der Waals surface area contributed by atoms with Gasteiger partial charge in [-0.05, 0) is 54.1 Å². The van der Waals surface area contributed by atoms with Crippen LogP contribution in [0.15, 0.2) is 58.2 Å². The van der Waals surface area contributed by atoms with Gasteiger partial charge in [-0.1, -0.05) is 21.1 Å². The summed E-state index contributed by atoms with van der Waals surface area (Å²) in [6, 6.07) is 14.9. The maximum Gasteiger partial charge on any atom is 0.122 e. The largest absolute Gasteiger partial charge is 0.490 e. The molecule has 2 rings (SSSR count). The molecule has 104 valence electrons. The van der Waals surface area contributed by atoms with Gasteiger partial charge >= 0.3 is 0 Å². The van der Waals surface area contributed by atoms with Crippen molar-refractivity contribution in [3.8, 4) is 11.5 Å². The lowest BCUT2D eigenvalue weighted by Gasteiger charge is -2.08. The van der Waals surface area contributed by atoms with E-state index in [1.807, 2.05) is 48.5 Å². The standard InChI is InChI=1S/C15H14BrNO3/c16-13-3-7-15(8-4-13)20-10-9-19-14-5-1-12(2-6-14)11-17-18/h1-8,11,18H,9-10H2. The van der Waals surface area contributed by atoms with Crippen LogP contribution in [0.3, 0.4) is 0 Å². The van der Waals surface area contributed by atoms with Crippen LogP contribution in [-0.2, 0) is 0 Å². The van der Waals surface area contributed by atoms with Crippen LogP contribution >= 0.6 is 15.9 Å². The number of rotatable bonds is 6. The molecule has 0 unspecified atom stereocenters. The van der Waals surface area contributed by atoms with E-state index in [1.165, 1.54) is 6.21 Å². The first-order chi connectivity index (χ1) is 9.78. The summed E-state index contributed by atoms with van der Waals surface area (Å²) < 4.78 is 12.1. The van der Waals surface area contributed by atoms with Crippen molar-refractivity contribution >= 4 is 22.1 Å². The third kappa shape index (κ3) is 4.59. The van der Waals surface area contributed by atoms with Crippen molar-refractivity contribution < 1.29 is 14.7 Å². The van der Waals surface area contributed by atoms with Gasteiger partial charge in [0.05, 0.1) is 6.21 Å². The van der Waals surface area contributed by atoms with Gasteiger partial charge in [0.15, 0.2) is 0 Å². The van der Waals surface area contributed by atoms with E-state index in [9.17, 15) is 0 Å². The Morgan fingerprint density at radius 3 is 1.90 bits per heavy atom. The van der Waals surface area contributed by atoms with E-state index in [0.717, 1.165) is 21.5 Å². The summed E-state index contributed by atoms with van der Waals surface area (Å²) in [6.45, 7) is 0.935. The highest BCUT2D eigenvalue weighted by atomic mass is 79.9. The summed E-state index contributed by atoms with van der Waals surface area (Å²) in [5.41, 5.74) is 0.811. The number of hydrogen-bond donors (Lipinski definition) is 1. The normalized spacial score (nSPS) is 10.7. The van der Waals surface area contributed by atoms with E-state index in [-0.39, 0.29) is 0 Å². The van der Waals surface area contributed by atoms with Crippen LogP contribution in [0.2, 0.25) is 0 Å². The molecule has 0 aromatic heterocycles. The van der Waals surface area contributed by atoms with Gasteiger partial charge in [-0.25, -0.2) is 0 Å². The van der Waals surface area contributed by atoms with Gasteiger partial charge in [-0.15, -0.1) is 0 Å². The predicted molar refractivity (Wildman–Crippen MR) is 81.0 cm³/mol. The van der Waals surface area contributed by atoms with E-state index < -0.39 is 0 Å². The fourth-order valence-corrected chi connectivity index (χ4v) is 1.83. The molecule has 0 atom stereocenters. The second-order valence-corrected chi connectivity index (χ2v) is 4.88. The minimum atomic E-state index is 0.462. The molecule has 0 heterocycles. The van der Waals surface area contributed by atoms with E-state index in [2.05, 4.69) is 21.1 Å². The lowest BCUT2D eigenvalue weighted by atomic mass is 10.2. The van der Waals surface area contributed by atoms with Crippen molar-refractivity contribution in [2.45, 2.75) is 0 Å². The highest BCUT2D eigenvalue weighted by Crippen LogP contribution is 2.16. The zero-order valence-corrected chi connectivity index (χ0v) is 12.3.